The predicted octanol–water partition coefficient (Wildman–Crippen LogP) is 7.70. The molecule has 0 heterocycles. The van der Waals surface area contributed by atoms with E-state index in [1.165, 1.54) is 11.9 Å². The number of nitrogens with one attached hydrogen (secondary N) is 3. The van der Waals surface area contributed by atoms with E-state index < -0.39 is 53.4 Å². The van der Waals surface area contributed by atoms with Gasteiger partial charge in [0.1, 0.15) is 36.5 Å². The number of aliphatic imine (C=N–C) groups is 1. The van der Waals surface area contributed by atoms with Gasteiger partial charge >= 0.3 is 24.2 Å². The number of carbonyl (C=O) groups is 5. The van der Waals surface area contributed by atoms with Crippen LogP contribution in [0, 0.1) is 5.92 Å². The van der Waals surface area contributed by atoms with Gasteiger partial charge in [-0.2, -0.15) is 0 Å². The first kappa shape index (κ1) is 45.8. The number of guanidine groups is 1. The molecule has 3 aromatic carbocycles. The highest BCUT2D eigenvalue weighted by atomic mass is 16.6. The molecular formula is C45H59N5O9. The molecule has 0 aromatic heterocycles. The van der Waals surface area contributed by atoms with Crippen LogP contribution in [0.2, 0.25) is 0 Å². The molecule has 318 valence electrons. The molecule has 0 radical (unpaired) electrons. The fraction of sp³-hybridized carbons (Fsp3) is 0.467. The van der Waals surface area contributed by atoms with Gasteiger partial charge in [0.2, 0.25) is 11.9 Å². The van der Waals surface area contributed by atoms with Crippen LogP contribution >= 0.6 is 0 Å². The van der Waals surface area contributed by atoms with E-state index >= 15 is 0 Å². The zero-order valence-corrected chi connectivity index (χ0v) is 35.6. The minimum atomic E-state index is -1.15. The average molecular weight is 814 g/mol. The number of alkyl carbamates (subject to hydrolysis) is 3. The lowest BCUT2D eigenvalue weighted by Crippen LogP contribution is -2.53. The first-order valence-electron chi connectivity index (χ1n) is 19.9. The molecule has 0 fully saturated rings. The molecule has 0 unspecified atom stereocenters. The van der Waals surface area contributed by atoms with Crippen LogP contribution in [0.15, 0.2) is 83.9 Å². The molecule has 59 heavy (non-hydrogen) atoms. The number of hydrogen-bond donors (Lipinski definition) is 3. The van der Waals surface area contributed by atoms with E-state index in [0.717, 1.165) is 27.8 Å². The van der Waals surface area contributed by atoms with E-state index in [2.05, 4.69) is 20.9 Å². The quantitative estimate of drug-likeness (QED) is 0.0485. The Bertz CT molecular complexity index is 1870. The summed E-state index contributed by atoms with van der Waals surface area (Å²) in [5, 5.41) is 7.62. The van der Waals surface area contributed by atoms with Crippen molar-refractivity contribution in [1.82, 2.24) is 20.9 Å². The maximum absolute atomic E-state index is 14.3. The topological polar surface area (TPSA) is 174 Å². The average Bonchev–Trinajstić information content (AvgIpc) is 3.48. The smallest absolute Gasteiger partial charge is 0.414 e. The molecule has 4 amide bonds. The van der Waals surface area contributed by atoms with Crippen molar-refractivity contribution in [2.75, 3.05) is 20.2 Å². The summed E-state index contributed by atoms with van der Waals surface area (Å²) in [6.45, 7) is 14.1. The maximum Gasteiger partial charge on any atom is 0.414 e. The summed E-state index contributed by atoms with van der Waals surface area (Å²) in [4.78, 5) is 72.3. The number of benzene rings is 3. The molecule has 1 aliphatic carbocycles. The van der Waals surface area contributed by atoms with E-state index in [-0.39, 0.29) is 50.4 Å². The molecule has 0 saturated carbocycles. The van der Waals surface area contributed by atoms with Crippen LogP contribution in [0.3, 0.4) is 0 Å². The van der Waals surface area contributed by atoms with Crippen LogP contribution in [0.5, 0.6) is 0 Å². The minimum Gasteiger partial charge on any atom is -0.459 e. The van der Waals surface area contributed by atoms with Crippen LogP contribution < -0.4 is 16.0 Å². The van der Waals surface area contributed by atoms with Gasteiger partial charge in [0, 0.05) is 19.5 Å². The second kappa shape index (κ2) is 20.7. The van der Waals surface area contributed by atoms with Gasteiger partial charge in [0.05, 0.1) is 0 Å². The molecule has 14 heteroatoms. The lowest BCUT2D eigenvalue weighted by molar-refractivity contribution is -0.156. The number of carbonyl (C=O) groups excluding carboxylic acids is 5. The Morgan fingerprint density at radius 1 is 0.729 bits per heavy atom. The van der Waals surface area contributed by atoms with Crippen molar-refractivity contribution in [3.63, 3.8) is 0 Å². The van der Waals surface area contributed by atoms with Crippen LogP contribution in [0.25, 0.3) is 11.1 Å². The SMILES string of the molecule is CC(C)C[C@@H](C(=O)OCc1ccccc1)N(C)C(=O)[C@H](CCCN=C(NC(=O)OC(C)(C)C)NC(=O)OC(C)(C)C)NC(=O)OCC1c2ccccc2-c2ccccc21. The molecule has 0 aliphatic heterocycles. The van der Waals surface area contributed by atoms with Gasteiger partial charge in [-0.05, 0) is 94.5 Å². The number of rotatable bonds is 14. The van der Waals surface area contributed by atoms with Crippen LogP contribution in [-0.2, 0) is 35.1 Å². The summed E-state index contributed by atoms with van der Waals surface area (Å²) >= 11 is 0. The van der Waals surface area contributed by atoms with Gasteiger partial charge < -0.3 is 29.2 Å². The van der Waals surface area contributed by atoms with Gasteiger partial charge in [-0.1, -0.05) is 92.7 Å². The Morgan fingerprint density at radius 2 is 1.25 bits per heavy atom. The fourth-order valence-electron chi connectivity index (χ4n) is 6.52. The normalized spacial score (nSPS) is 13.2. The highest BCUT2D eigenvalue weighted by molar-refractivity contribution is 6.01. The molecule has 3 N–H and O–H groups in total. The molecule has 1 aliphatic rings. The molecule has 3 aromatic rings. The highest BCUT2D eigenvalue weighted by Gasteiger charge is 2.35. The Balaban J connectivity index is 1.53. The van der Waals surface area contributed by atoms with Gasteiger partial charge in [-0.25, -0.2) is 19.2 Å². The number of amides is 4. The first-order valence-corrected chi connectivity index (χ1v) is 19.9. The lowest BCUT2D eigenvalue weighted by Gasteiger charge is -2.31. The number of hydrogen-bond acceptors (Lipinski definition) is 10. The summed E-state index contributed by atoms with van der Waals surface area (Å²) in [5.74, 6) is -1.52. The van der Waals surface area contributed by atoms with Gasteiger partial charge in [0.25, 0.3) is 0 Å². The standard InChI is InChI=1S/C45H59N5O9/c1-29(2)26-37(39(52)56-27-30-18-11-10-12-19-30)50(9)38(51)36(24-17-25-46-40(48-42(54)58-44(3,4)5)49-43(55)59-45(6,7)8)47-41(53)57-28-35-33-22-15-13-20-31(33)32-21-14-16-23-34(32)35/h10-16,18-23,29,35-37H,17,24-28H2,1-9H3,(H,47,53)(H2,46,48,49,54,55)/t36-,37-/m0/s1. The molecule has 14 nitrogen and oxygen atoms in total. The second-order valence-corrected chi connectivity index (χ2v) is 16.8. The molecule has 0 bridgehead atoms. The Morgan fingerprint density at radius 3 is 1.78 bits per heavy atom. The molecule has 0 saturated heterocycles. The minimum absolute atomic E-state index is 0.00463. The summed E-state index contributed by atoms with van der Waals surface area (Å²) < 4.78 is 22.2. The first-order chi connectivity index (χ1) is 27.8. The van der Waals surface area contributed by atoms with E-state index in [1.807, 2.05) is 92.7 Å². The monoisotopic (exact) mass is 813 g/mol. The summed E-state index contributed by atoms with van der Waals surface area (Å²) in [5.41, 5.74) is 3.37. The number of fused-ring (bicyclic) bond motifs is 3. The number of nitrogens with zero attached hydrogens (tertiary/aromatic N) is 2. The van der Waals surface area contributed by atoms with E-state index in [1.54, 1.807) is 41.5 Å². The van der Waals surface area contributed by atoms with E-state index in [9.17, 15) is 24.0 Å². The van der Waals surface area contributed by atoms with Gasteiger partial charge in [-0.3, -0.25) is 20.4 Å². The predicted molar refractivity (Wildman–Crippen MR) is 225 cm³/mol. The Kier molecular flexibility index (Phi) is 16.0. The number of esters is 1. The van der Waals surface area contributed by atoms with Crippen molar-refractivity contribution in [3.05, 3.63) is 95.6 Å². The van der Waals surface area contributed by atoms with Crippen molar-refractivity contribution in [2.24, 2.45) is 10.9 Å². The van der Waals surface area contributed by atoms with E-state index in [4.69, 9.17) is 18.9 Å². The maximum atomic E-state index is 14.3. The van der Waals surface area contributed by atoms with Crippen LogP contribution in [0.1, 0.15) is 97.3 Å². The zero-order chi connectivity index (χ0) is 43.3. The molecule has 0 spiro atoms. The number of likely N-dealkylation sites (N-methyl/N-ethyl adjacent to an activating group) is 1. The summed E-state index contributed by atoms with van der Waals surface area (Å²) in [6.07, 6.45) is -1.96. The van der Waals surface area contributed by atoms with Crippen molar-refractivity contribution < 1.29 is 42.9 Å². The zero-order valence-electron chi connectivity index (χ0n) is 35.6. The number of ether oxygens (including phenoxy) is 4. The van der Waals surface area contributed by atoms with Gasteiger partial charge in [-0.15, -0.1) is 0 Å². The Hall–Kier alpha value is -5.92. The van der Waals surface area contributed by atoms with Crippen LogP contribution in [-0.4, -0.2) is 84.5 Å². The van der Waals surface area contributed by atoms with E-state index in [0.29, 0.717) is 6.42 Å². The third-order valence-corrected chi connectivity index (χ3v) is 9.10. The van der Waals surface area contributed by atoms with Crippen LogP contribution in [0.4, 0.5) is 14.4 Å². The van der Waals surface area contributed by atoms with Gasteiger partial charge in [0.15, 0.2) is 0 Å². The molecular weight excluding hydrogens is 755 g/mol. The third-order valence-electron chi connectivity index (χ3n) is 9.10. The van der Waals surface area contributed by atoms with Crippen molar-refractivity contribution in [3.8, 4) is 11.1 Å². The molecule has 4 rings (SSSR count). The largest absolute Gasteiger partial charge is 0.459 e. The second-order valence-electron chi connectivity index (χ2n) is 16.8. The summed E-state index contributed by atoms with van der Waals surface area (Å²) in [6, 6.07) is 23.1. The lowest BCUT2D eigenvalue weighted by atomic mass is 9.98. The highest BCUT2D eigenvalue weighted by Crippen LogP contribution is 2.44. The van der Waals surface area contributed by atoms with Crippen molar-refractivity contribution in [1.29, 1.82) is 0 Å². The van der Waals surface area contributed by atoms with Crippen molar-refractivity contribution in [2.45, 2.75) is 110 Å². The Labute approximate surface area is 347 Å². The fourth-order valence-corrected chi connectivity index (χ4v) is 6.52. The molecule has 2 atom stereocenters. The third kappa shape index (κ3) is 14.4. The van der Waals surface area contributed by atoms with Crippen molar-refractivity contribution >= 4 is 36.1 Å². The summed E-state index contributed by atoms with van der Waals surface area (Å²) in [7, 11) is 1.51.